The summed E-state index contributed by atoms with van der Waals surface area (Å²) in [6.45, 7) is 3.23. The van der Waals surface area contributed by atoms with Crippen LogP contribution in [-0.4, -0.2) is 58.8 Å². The van der Waals surface area contributed by atoms with Crippen LogP contribution in [0.3, 0.4) is 0 Å². The molecule has 4 heterocycles. The van der Waals surface area contributed by atoms with E-state index in [0.717, 1.165) is 61.1 Å². The molecular weight excluding hydrogens is 492 g/mol. The van der Waals surface area contributed by atoms with Crippen molar-refractivity contribution < 1.29 is 13.9 Å². The molecule has 200 valence electrons. The molecule has 1 aliphatic rings. The summed E-state index contributed by atoms with van der Waals surface area (Å²) < 4.78 is 18.5. The highest BCUT2D eigenvalue weighted by atomic mass is 16.5. The molecule has 6 rings (SSSR count). The van der Waals surface area contributed by atoms with Crippen LogP contribution in [0.4, 0.5) is 5.95 Å². The van der Waals surface area contributed by atoms with Crippen LogP contribution in [0.25, 0.3) is 17.2 Å². The molecule has 3 aromatic heterocycles. The lowest BCUT2D eigenvalue weighted by Crippen LogP contribution is -2.31. The normalized spacial score (nSPS) is 13.4. The van der Waals surface area contributed by atoms with Crippen molar-refractivity contribution in [3.8, 4) is 23.1 Å². The first kappa shape index (κ1) is 24.9. The number of rotatable bonds is 9. The Morgan fingerprint density at radius 1 is 1.00 bits per heavy atom. The van der Waals surface area contributed by atoms with Gasteiger partial charge in [-0.2, -0.15) is 4.52 Å². The Kier molecular flexibility index (Phi) is 6.89. The third-order valence-electron chi connectivity index (χ3n) is 7.27. The number of methoxy groups -OCH3 is 2. The second kappa shape index (κ2) is 10.8. The van der Waals surface area contributed by atoms with E-state index in [9.17, 15) is 0 Å². The van der Waals surface area contributed by atoms with Gasteiger partial charge < -0.3 is 18.8 Å². The monoisotopic (exact) mass is 524 g/mol. The smallest absolute Gasteiger partial charge is 0.228 e. The van der Waals surface area contributed by atoms with E-state index in [0.29, 0.717) is 18.1 Å². The van der Waals surface area contributed by atoms with Crippen LogP contribution in [-0.2, 0) is 25.9 Å². The number of likely N-dealkylation sites (N-methyl/N-ethyl adjacent to an activating group) is 1. The van der Waals surface area contributed by atoms with E-state index in [1.165, 1.54) is 16.7 Å². The number of nitrogens with zero attached hydrogens (tertiary/aromatic N) is 6. The van der Waals surface area contributed by atoms with E-state index in [1.54, 1.807) is 20.5 Å². The lowest BCUT2D eigenvalue weighted by Gasteiger charge is -2.29. The Morgan fingerprint density at radius 2 is 1.79 bits per heavy atom. The molecule has 2 aromatic carbocycles. The van der Waals surface area contributed by atoms with Gasteiger partial charge in [0, 0.05) is 45.0 Å². The molecule has 39 heavy (non-hydrogen) atoms. The summed E-state index contributed by atoms with van der Waals surface area (Å²) in [7, 11) is 5.39. The van der Waals surface area contributed by atoms with Crippen molar-refractivity contribution in [2.45, 2.75) is 25.9 Å². The highest BCUT2D eigenvalue weighted by Crippen LogP contribution is 2.34. The van der Waals surface area contributed by atoms with E-state index in [2.05, 4.69) is 46.2 Å². The summed E-state index contributed by atoms with van der Waals surface area (Å²) in [5.74, 6) is 3.46. The van der Waals surface area contributed by atoms with Gasteiger partial charge in [0.25, 0.3) is 0 Å². The number of hydrogen-bond donors (Lipinski definition) is 0. The van der Waals surface area contributed by atoms with Crippen molar-refractivity contribution in [3.63, 3.8) is 0 Å². The summed E-state index contributed by atoms with van der Waals surface area (Å²) in [5, 5.41) is 4.82. The SMILES string of the molecule is COc1cc2c(cc1OC)CN(Cc1cnc(N(C)CCc3ccccc3)n3nc(-c4ccco4)nc13)CC2. The fourth-order valence-corrected chi connectivity index (χ4v) is 5.15. The summed E-state index contributed by atoms with van der Waals surface area (Å²) in [4.78, 5) is 14.3. The highest BCUT2D eigenvalue weighted by Gasteiger charge is 2.23. The standard InChI is InChI=1S/C30H32N6O3/c1-34(13-11-21-8-5-4-6-9-21)30-31-18-24(29-32-28(33-36(29)30)25-10-7-15-39-25)20-35-14-12-22-16-26(37-2)27(38-3)17-23(22)19-35/h4-10,15-18H,11-14,19-20H2,1-3H3. The highest BCUT2D eigenvalue weighted by molar-refractivity contribution is 5.58. The molecule has 0 bridgehead atoms. The van der Waals surface area contributed by atoms with Crippen LogP contribution in [0.2, 0.25) is 0 Å². The maximum atomic E-state index is 5.62. The molecule has 0 unspecified atom stereocenters. The molecule has 1 aliphatic heterocycles. The summed E-state index contributed by atoms with van der Waals surface area (Å²) in [6.07, 6.45) is 5.42. The van der Waals surface area contributed by atoms with E-state index in [1.807, 2.05) is 36.0 Å². The van der Waals surface area contributed by atoms with Crippen molar-refractivity contribution in [2.75, 3.05) is 39.3 Å². The molecular formula is C30H32N6O3. The Bertz CT molecular complexity index is 1570. The van der Waals surface area contributed by atoms with E-state index < -0.39 is 0 Å². The van der Waals surface area contributed by atoms with Crippen molar-refractivity contribution in [1.82, 2.24) is 24.5 Å². The Hall–Kier alpha value is -4.37. The second-order valence-corrected chi connectivity index (χ2v) is 9.83. The van der Waals surface area contributed by atoms with Gasteiger partial charge in [0.05, 0.1) is 20.5 Å². The zero-order valence-electron chi connectivity index (χ0n) is 22.5. The quantitative estimate of drug-likeness (QED) is 0.276. The van der Waals surface area contributed by atoms with E-state index in [4.69, 9.17) is 29.0 Å². The first-order valence-electron chi connectivity index (χ1n) is 13.1. The molecule has 9 nitrogen and oxygen atoms in total. The lowest BCUT2D eigenvalue weighted by atomic mass is 9.98. The maximum absolute atomic E-state index is 5.62. The Balaban J connectivity index is 1.29. The number of fused-ring (bicyclic) bond motifs is 2. The first-order chi connectivity index (χ1) is 19.1. The van der Waals surface area contributed by atoms with E-state index >= 15 is 0 Å². The van der Waals surface area contributed by atoms with Crippen molar-refractivity contribution in [3.05, 3.63) is 89.3 Å². The van der Waals surface area contributed by atoms with Gasteiger partial charge in [0.1, 0.15) is 0 Å². The molecule has 0 atom stereocenters. The van der Waals surface area contributed by atoms with Crippen LogP contribution < -0.4 is 14.4 Å². The zero-order chi connectivity index (χ0) is 26.8. The molecule has 5 aromatic rings. The number of aromatic nitrogens is 4. The second-order valence-electron chi connectivity index (χ2n) is 9.83. The van der Waals surface area contributed by atoms with Crippen LogP contribution in [0.5, 0.6) is 11.5 Å². The molecule has 9 heteroatoms. The van der Waals surface area contributed by atoms with E-state index in [-0.39, 0.29) is 0 Å². The molecule has 0 N–H and O–H groups in total. The average Bonchev–Trinajstić information content (AvgIpc) is 3.67. The lowest BCUT2D eigenvalue weighted by molar-refractivity contribution is 0.244. The first-order valence-corrected chi connectivity index (χ1v) is 13.1. The predicted molar refractivity (Wildman–Crippen MR) is 149 cm³/mol. The molecule has 0 amide bonds. The fraction of sp³-hybridized carbons (Fsp3) is 0.300. The third kappa shape index (κ3) is 5.05. The van der Waals surface area contributed by atoms with Crippen LogP contribution in [0.15, 0.2) is 71.5 Å². The van der Waals surface area contributed by atoms with Gasteiger partial charge in [-0.1, -0.05) is 30.3 Å². The molecule has 0 saturated heterocycles. The number of ether oxygens (including phenoxy) is 2. The summed E-state index contributed by atoms with van der Waals surface area (Å²) in [6, 6.07) is 18.4. The van der Waals surface area contributed by atoms with Crippen molar-refractivity contribution >= 4 is 11.6 Å². The van der Waals surface area contributed by atoms with Crippen molar-refractivity contribution in [1.29, 1.82) is 0 Å². The average molecular weight is 525 g/mol. The fourth-order valence-electron chi connectivity index (χ4n) is 5.15. The van der Waals surface area contributed by atoms with Gasteiger partial charge in [-0.05, 0) is 53.8 Å². The number of hydrogen-bond acceptors (Lipinski definition) is 8. The number of benzene rings is 2. The van der Waals surface area contributed by atoms with Gasteiger partial charge in [0.2, 0.25) is 11.8 Å². The van der Waals surface area contributed by atoms with Gasteiger partial charge >= 0.3 is 0 Å². The minimum absolute atomic E-state index is 0.549. The Morgan fingerprint density at radius 3 is 2.54 bits per heavy atom. The Labute approximate surface area is 227 Å². The molecule has 0 spiro atoms. The number of anilines is 1. The third-order valence-corrected chi connectivity index (χ3v) is 7.27. The van der Waals surface area contributed by atoms with Gasteiger partial charge in [0.15, 0.2) is 22.9 Å². The topological polar surface area (TPSA) is 81.2 Å². The summed E-state index contributed by atoms with van der Waals surface area (Å²) >= 11 is 0. The van der Waals surface area contributed by atoms with Crippen LogP contribution >= 0.6 is 0 Å². The van der Waals surface area contributed by atoms with Gasteiger partial charge in [-0.3, -0.25) is 4.90 Å². The van der Waals surface area contributed by atoms with Gasteiger partial charge in [-0.25, -0.2) is 9.97 Å². The molecule has 0 aliphatic carbocycles. The van der Waals surface area contributed by atoms with Crippen molar-refractivity contribution in [2.24, 2.45) is 0 Å². The van der Waals surface area contributed by atoms with Crippen LogP contribution in [0, 0.1) is 0 Å². The minimum atomic E-state index is 0.549. The predicted octanol–water partition coefficient (Wildman–Crippen LogP) is 4.64. The largest absolute Gasteiger partial charge is 0.493 e. The zero-order valence-corrected chi connectivity index (χ0v) is 22.5. The molecule has 0 saturated carbocycles. The maximum Gasteiger partial charge on any atom is 0.228 e. The summed E-state index contributed by atoms with van der Waals surface area (Å²) in [5.41, 5.74) is 5.63. The molecule has 0 radical (unpaired) electrons. The van der Waals surface area contributed by atoms with Gasteiger partial charge in [-0.15, -0.1) is 5.10 Å². The van der Waals surface area contributed by atoms with Crippen LogP contribution in [0.1, 0.15) is 22.3 Å². The molecule has 0 fully saturated rings. The minimum Gasteiger partial charge on any atom is -0.493 e. The number of furan rings is 1.